The molecule has 4 unspecified atom stereocenters. The van der Waals surface area contributed by atoms with Gasteiger partial charge in [-0.1, -0.05) is 215 Å². The van der Waals surface area contributed by atoms with Crippen molar-refractivity contribution in [3.63, 3.8) is 0 Å². The quantitative estimate of drug-likeness (QED) is 0.161. The average Bonchev–Trinajstić information content (AvgIpc) is 3.83. The number of rotatable bonds is 5. The van der Waals surface area contributed by atoms with E-state index in [1.54, 1.807) is 0 Å². The Morgan fingerprint density at radius 1 is 0.522 bits per heavy atom. The van der Waals surface area contributed by atoms with Gasteiger partial charge in [-0.3, -0.25) is 0 Å². The molecular weight excluding hydrogens is 856 g/mol. The fraction of sp³-hybridized carbons (Fsp3) is 0.108. The van der Waals surface area contributed by atoms with Crippen molar-refractivity contribution in [2.24, 2.45) is 5.92 Å². The molecule has 0 saturated heterocycles. The molecule has 330 valence electrons. The lowest BCUT2D eigenvalue weighted by atomic mass is 9.62. The molecule has 2 aliphatic carbocycles. The molecule has 0 bridgehead atoms. The zero-order valence-corrected chi connectivity index (χ0v) is 39.7. The van der Waals surface area contributed by atoms with Crippen molar-refractivity contribution < 1.29 is 4.57 Å². The maximum Gasteiger partial charge on any atom is 0.171 e. The summed E-state index contributed by atoms with van der Waals surface area (Å²) in [5.74, 6) is 0.188. The Bertz CT molecular complexity index is 3900. The molecule has 3 nitrogen and oxygen atoms in total. The first-order valence-electron chi connectivity index (χ1n) is 24.2. The van der Waals surface area contributed by atoms with Crippen LogP contribution in [0.3, 0.4) is 0 Å². The fourth-order valence-corrected chi connectivity index (χ4v) is 16.7. The molecule has 9 aromatic carbocycles. The molecule has 4 atom stereocenters. The largest absolute Gasteiger partial charge is 0.310 e. The van der Waals surface area contributed by atoms with Gasteiger partial charge in [0.25, 0.3) is 0 Å². The summed E-state index contributed by atoms with van der Waals surface area (Å²) in [7, 11) is -3.48. The molecule has 0 fully saturated rings. The van der Waals surface area contributed by atoms with Crippen LogP contribution >= 0.6 is 7.14 Å². The lowest BCUT2D eigenvalue weighted by molar-refractivity contribution is 0.322. The van der Waals surface area contributed by atoms with E-state index in [1.807, 2.05) is 18.2 Å². The van der Waals surface area contributed by atoms with Gasteiger partial charge in [-0.15, -0.1) is 0 Å². The number of hydrogen-bond donors (Lipinski definition) is 0. The van der Waals surface area contributed by atoms with Gasteiger partial charge in [-0.05, 0) is 86.8 Å². The lowest BCUT2D eigenvalue weighted by Crippen LogP contribution is -2.48. The van der Waals surface area contributed by atoms with E-state index < -0.39 is 12.6 Å². The number of anilines is 2. The van der Waals surface area contributed by atoms with E-state index in [4.69, 9.17) is 0 Å². The molecule has 0 saturated carbocycles. The Morgan fingerprint density at radius 2 is 1.14 bits per heavy atom. The second kappa shape index (κ2) is 14.4. The number of fused-ring (bicyclic) bond motifs is 14. The molecule has 3 heterocycles. The van der Waals surface area contributed by atoms with Crippen molar-refractivity contribution in [2.75, 3.05) is 4.90 Å². The van der Waals surface area contributed by atoms with Crippen molar-refractivity contribution in [3.05, 3.63) is 276 Å². The highest BCUT2D eigenvalue weighted by molar-refractivity contribution is 7.85. The third kappa shape index (κ3) is 5.21. The summed E-state index contributed by atoms with van der Waals surface area (Å²) in [5, 5.41) is 5.03. The van der Waals surface area contributed by atoms with E-state index in [-0.39, 0.29) is 16.7 Å². The molecule has 0 N–H and O–H groups in total. The summed E-state index contributed by atoms with van der Waals surface area (Å²) in [6.07, 6.45) is 7.39. The molecule has 69 heavy (non-hydrogen) atoms. The number of hydrogen-bond acceptors (Lipinski definition) is 2. The van der Waals surface area contributed by atoms with Gasteiger partial charge in [0, 0.05) is 55.0 Å². The van der Waals surface area contributed by atoms with Gasteiger partial charge in [0.1, 0.15) is 0 Å². The molecule has 4 heteroatoms. The zero-order valence-electron chi connectivity index (χ0n) is 38.8. The Morgan fingerprint density at radius 3 is 1.97 bits per heavy atom. The Balaban J connectivity index is 1.12. The van der Waals surface area contributed by atoms with Crippen molar-refractivity contribution in [3.8, 4) is 16.8 Å². The highest BCUT2D eigenvalue weighted by atomic mass is 31.2. The van der Waals surface area contributed by atoms with Crippen LogP contribution in [-0.4, -0.2) is 4.57 Å². The van der Waals surface area contributed by atoms with E-state index in [9.17, 15) is 0 Å². The van der Waals surface area contributed by atoms with Crippen LogP contribution in [0, 0.1) is 5.92 Å². The monoisotopic (exact) mass is 904 g/mol. The average molecular weight is 905 g/mol. The van der Waals surface area contributed by atoms with Crippen LogP contribution in [0.5, 0.6) is 0 Å². The predicted octanol–water partition coefficient (Wildman–Crippen LogP) is 14.6. The van der Waals surface area contributed by atoms with Crippen LogP contribution in [0.1, 0.15) is 54.2 Å². The molecular formula is C65H49N2OP. The van der Waals surface area contributed by atoms with E-state index in [0.29, 0.717) is 0 Å². The Kier molecular flexibility index (Phi) is 8.43. The minimum Gasteiger partial charge on any atom is -0.310 e. The SMILES string of the molecule is CC1(C)c2ccccc2C2(C)C=CC(N(c3ccc4c(c3)C3(c5ccccc5-n5c6ccccc6c6cccc3c65)c3ccccc3P4(=O)c3ccccc3)c3ccccc3-c3ccccc3)=CC12. The predicted molar refractivity (Wildman–Crippen MR) is 287 cm³/mol. The summed E-state index contributed by atoms with van der Waals surface area (Å²) in [6.45, 7) is 7.25. The number of benzene rings is 9. The van der Waals surface area contributed by atoms with Gasteiger partial charge in [0.2, 0.25) is 0 Å². The topological polar surface area (TPSA) is 25.2 Å². The van der Waals surface area contributed by atoms with Crippen molar-refractivity contribution in [1.82, 2.24) is 4.57 Å². The molecule has 1 spiro atoms. The molecule has 1 aromatic heterocycles. The summed E-state index contributed by atoms with van der Waals surface area (Å²) >= 11 is 0. The van der Waals surface area contributed by atoms with Crippen LogP contribution in [0.15, 0.2) is 242 Å². The fourth-order valence-electron chi connectivity index (χ4n) is 13.5. The Hall–Kier alpha value is -7.71. The summed E-state index contributed by atoms with van der Waals surface area (Å²) < 4.78 is 19.5. The number of allylic oxidation sites excluding steroid dienone is 3. The molecule has 4 aliphatic rings. The molecule has 2 aliphatic heterocycles. The van der Waals surface area contributed by atoms with Crippen LogP contribution in [0.2, 0.25) is 0 Å². The van der Waals surface area contributed by atoms with Gasteiger partial charge >= 0.3 is 0 Å². The van der Waals surface area contributed by atoms with E-state index in [2.05, 4.69) is 249 Å². The third-order valence-electron chi connectivity index (χ3n) is 16.4. The van der Waals surface area contributed by atoms with Crippen molar-refractivity contribution >= 4 is 56.2 Å². The molecule has 0 radical (unpaired) electrons. The number of aromatic nitrogens is 1. The van der Waals surface area contributed by atoms with E-state index in [1.165, 1.54) is 44.1 Å². The first-order chi connectivity index (χ1) is 33.8. The van der Waals surface area contributed by atoms with Gasteiger partial charge in [0.05, 0.1) is 27.8 Å². The van der Waals surface area contributed by atoms with E-state index in [0.717, 1.165) is 60.9 Å². The van der Waals surface area contributed by atoms with Crippen molar-refractivity contribution in [1.29, 1.82) is 0 Å². The highest BCUT2D eigenvalue weighted by Crippen LogP contribution is 2.62. The maximum absolute atomic E-state index is 17.0. The first kappa shape index (κ1) is 40.4. The smallest absolute Gasteiger partial charge is 0.171 e. The molecule has 0 amide bonds. The normalized spacial score (nSPS) is 22.1. The second-order valence-electron chi connectivity index (χ2n) is 20.2. The zero-order chi connectivity index (χ0) is 46.3. The minimum absolute atomic E-state index is 0.124. The van der Waals surface area contributed by atoms with Gasteiger partial charge in [0.15, 0.2) is 7.14 Å². The lowest BCUT2D eigenvalue weighted by Gasteiger charge is -2.48. The van der Waals surface area contributed by atoms with Crippen LogP contribution in [0.4, 0.5) is 11.4 Å². The summed E-state index contributed by atoms with van der Waals surface area (Å²) in [5.41, 5.74) is 15.1. The number of para-hydroxylation sites is 4. The maximum atomic E-state index is 17.0. The second-order valence-corrected chi connectivity index (χ2v) is 22.9. The van der Waals surface area contributed by atoms with E-state index >= 15 is 4.57 Å². The van der Waals surface area contributed by atoms with Crippen molar-refractivity contribution in [2.45, 2.75) is 37.0 Å². The van der Waals surface area contributed by atoms with Gasteiger partial charge < -0.3 is 14.0 Å². The van der Waals surface area contributed by atoms with Crippen LogP contribution in [-0.2, 0) is 20.8 Å². The number of nitrogens with zero attached hydrogens (tertiary/aromatic N) is 2. The third-order valence-corrected chi connectivity index (χ3v) is 19.6. The summed E-state index contributed by atoms with van der Waals surface area (Å²) in [4.78, 5) is 2.49. The standard InChI is InChI=1S/C65H49N2OP/c1-63(2)50-28-12-13-29-51(50)64(3)40-39-45(42-61(63)64)66(56-33-16-10-25-47(56)43-21-6-4-7-22-43)44-37-38-60-55(41-44)65(53-31-15-19-36-59(53)69(60,68)46-23-8-5-9-24-46)52-30-14-18-35-58(52)67-57-34-17-11-26-48(57)49-27-20-32-54(65)62(49)67/h4-42,61H,1-3H3. The van der Waals surface area contributed by atoms with Crippen LogP contribution < -0.4 is 20.8 Å². The minimum atomic E-state index is -3.48. The first-order valence-corrected chi connectivity index (χ1v) is 26.0. The molecule has 10 aromatic rings. The van der Waals surface area contributed by atoms with Crippen LogP contribution in [0.25, 0.3) is 38.6 Å². The highest BCUT2D eigenvalue weighted by Gasteiger charge is 2.55. The Labute approximate surface area is 403 Å². The summed E-state index contributed by atoms with van der Waals surface area (Å²) in [6, 6.07) is 79.0. The van der Waals surface area contributed by atoms with Gasteiger partial charge in [-0.2, -0.15) is 0 Å². The van der Waals surface area contributed by atoms with Gasteiger partial charge in [-0.25, -0.2) is 0 Å². The molecule has 14 rings (SSSR count).